The van der Waals surface area contributed by atoms with E-state index in [2.05, 4.69) is 27.9 Å². The quantitative estimate of drug-likeness (QED) is 0.791. The minimum atomic E-state index is -0.449. The maximum Gasteiger partial charge on any atom is 0.108 e. The Kier molecular flexibility index (Phi) is 3.87. The monoisotopic (exact) mass is 206 g/mol. The molecule has 4 nitrogen and oxygen atoms in total. The van der Waals surface area contributed by atoms with Gasteiger partial charge in [0.2, 0.25) is 0 Å². The summed E-state index contributed by atoms with van der Waals surface area (Å²) < 4.78 is 2.10. The first-order valence-electron chi connectivity index (χ1n) is 5.25. The molecule has 1 rings (SSSR count). The van der Waals surface area contributed by atoms with Crippen LogP contribution in [0.5, 0.6) is 0 Å². The summed E-state index contributed by atoms with van der Waals surface area (Å²) in [6.45, 7) is 4.82. The molecule has 1 atom stereocenters. The Bertz CT molecular complexity index is 350. The molecule has 0 saturated carbocycles. The second kappa shape index (κ2) is 4.94. The summed E-state index contributed by atoms with van der Waals surface area (Å²) in [5.74, 6) is 1.08. The summed E-state index contributed by atoms with van der Waals surface area (Å²) in [5.41, 5.74) is -0.449. The summed E-state index contributed by atoms with van der Waals surface area (Å²) in [6, 6.07) is 2.28. The van der Waals surface area contributed by atoms with Gasteiger partial charge in [-0.1, -0.05) is 6.92 Å². The molecule has 0 bridgehead atoms. The molecule has 0 aromatic carbocycles. The second-order valence-corrected chi connectivity index (χ2v) is 3.83. The lowest BCUT2D eigenvalue weighted by molar-refractivity contribution is 0.418. The van der Waals surface area contributed by atoms with Gasteiger partial charge in [0.05, 0.1) is 6.07 Å². The van der Waals surface area contributed by atoms with Gasteiger partial charge in [-0.05, 0) is 20.4 Å². The van der Waals surface area contributed by atoms with E-state index in [4.69, 9.17) is 5.26 Å². The van der Waals surface area contributed by atoms with Gasteiger partial charge in [0.15, 0.2) is 0 Å². The molecule has 0 radical (unpaired) electrons. The average molecular weight is 206 g/mol. The van der Waals surface area contributed by atoms with Crippen LogP contribution in [0.1, 0.15) is 26.1 Å². The molecular formula is C11H18N4. The SMILES string of the molecule is CCc1nccn1CCC(C)(C#N)NC. The van der Waals surface area contributed by atoms with Crippen LogP contribution < -0.4 is 5.32 Å². The molecule has 0 aliphatic heterocycles. The van der Waals surface area contributed by atoms with Crippen molar-refractivity contribution in [1.82, 2.24) is 14.9 Å². The molecule has 0 saturated heterocycles. The van der Waals surface area contributed by atoms with E-state index >= 15 is 0 Å². The van der Waals surface area contributed by atoms with Gasteiger partial charge < -0.3 is 9.88 Å². The number of nitriles is 1. The highest BCUT2D eigenvalue weighted by Crippen LogP contribution is 2.10. The van der Waals surface area contributed by atoms with Crippen molar-refractivity contribution in [2.75, 3.05) is 7.05 Å². The summed E-state index contributed by atoms with van der Waals surface area (Å²) in [5, 5.41) is 12.0. The molecule has 15 heavy (non-hydrogen) atoms. The Labute approximate surface area is 90.9 Å². The molecule has 0 aliphatic carbocycles. The molecule has 0 fully saturated rings. The van der Waals surface area contributed by atoms with Gasteiger partial charge in [0, 0.05) is 25.4 Å². The maximum absolute atomic E-state index is 9.00. The Morgan fingerprint density at radius 3 is 2.93 bits per heavy atom. The topological polar surface area (TPSA) is 53.6 Å². The zero-order valence-corrected chi connectivity index (χ0v) is 9.62. The van der Waals surface area contributed by atoms with Crippen molar-refractivity contribution in [3.05, 3.63) is 18.2 Å². The van der Waals surface area contributed by atoms with Crippen molar-refractivity contribution in [3.63, 3.8) is 0 Å². The Morgan fingerprint density at radius 1 is 1.67 bits per heavy atom. The molecule has 0 amide bonds. The number of rotatable bonds is 5. The first-order valence-corrected chi connectivity index (χ1v) is 5.25. The predicted octanol–water partition coefficient (Wildman–Crippen LogP) is 1.34. The number of aromatic nitrogens is 2. The van der Waals surface area contributed by atoms with Crippen LogP contribution in [0.4, 0.5) is 0 Å². The first kappa shape index (κ1) is 11.7. The van der Waals surface area contributed by atoms with Gasteiger partial charge in [0.25, 0.3) is 0 Å². The minimum absolute atomic E-state index is 0.449. The van der Waals surface area contributed by atoms with E-state index in [0.29, 0.717) is 0 Å². The highest BCUT2D eigenvalue weighted by Gasteiger charge is 2.20. The minimum Gasteiger partial charge on any atom is -0.335 e. The number of hydrogen-bond donors (Lipinski definition) is 1. The summed E-state index contributed by atoms with van der Waals surface area (Å²) in [4.78, 5) is 4.25. The van der Waals surface area contributed by atoms with Crippen LogP contribution in [0.3, 0.4) is 0 Å². The van der Waals surface area contributed by atoms with Crippen LogP contribution in [-0.4, -0.2) is 22.1 Å². The Hall–Kier alpha value is -1.34. The number of hydrogen-bond acceptors (Lipinski definition) is 3. The first-order chi connectivity index (χ1) is 7.15. The number of nitrogens with zero attached hydrogens (tertiary/aromatic N) is 3. The normalized spacial score (nSPS) is 14.5. The van der Waals surface area contributed by atoms with E-state index < -0.39 is 5.54 Å². The fourth-order valence-corrected chi connectivity index (χ4v) is 1.44. The molecule has 0 spiro atoms. The lowest BCUT2D eigenvalue weighted by atomic mass is 10.0. The summed E-state index contributed by atoms with van der Waals surface area (Å²) >= 11 is 0. The van der Waals surface area contributed by atoms with Crippen molar-refractivity contribution in [1.29, 1.82) is 5.26 Å². The molecule has 1 unspecified atom stereocenters. The fourth-order valence-electron chi connectivity index (χ4n) is 1.44. The van der Waals surface area contributed by atoms with E-state index in [9.17, 15) is 0 Å². The molecule has 1 aromatic heterocycles. The van der Waals surface area contributed by atoms with E-state index in [1.54, 1.807) is 0 Å². The van der Waals surface area contributed by atoms with Crippen LogP contribution in [0, 0.1) is 11.3 Å². The molecule has 0 aliphatic rings. The lowest BCUT2D eigenvalue weighted by Gasteiger charge is -2.21. The number of nitrogens with one attached hydrogen (secondary N) is 1. The summed E-state index contributed by atoms with van der Waals surface area (Å²) in [6.07, 6.45) is 5.48. The van der Waals surface area contributed by atoms with E-state index in [1.807, 2.05) is 26.4 Å². The van der Waals surface area contributed by atoms with Crippen LogP contribution in [-0.2, 0) is 13.0 Å². The lowest BCUT2D eigenvalue weighted by Crippen LogP contribution is -2.39. The van der Waals surface area contributed by atoms with Crippen molar-refractivity contribution in [2.45, 2.75) is 38.8 Å². The van der Waals surface area contributed by atoms with Crippen molar-refractivity contribution in [3.8, 4) is 6.07 Å². The molecule has 82 valence electrons. The highest BCUT2D eigenvalue weighted by molar-refractivity contribution is 5.03. The molecule has 4 heteroatoms. The predicted molar refractivity (Wildman–Crippen MR) is 59.3 cm³/mol. The zero-order chi connectivity index (χ0) is 11.3. The van der Waals surface area contributed by atoms with E-state index in [0.717, 1.165) is 25.2 Å². The van der Waals surface area contributed by atoms with Crippen LogP contribution in [0.2, 0.25) is 0 Å². The highest BCUT2D eigenvalue weighted by atomic mass is 15.1. The van der Waals surface area contributed by atoms with Gasteiger partial charge in [-0.25, -0.2) is 4.98 Å². The zero-order valence-electron chi connectivity index (χ0n) is 9.62. The van der Waals surface area contributed by atoms with Gasteiger partial charge >= 0.3 is 0 Å². The van der Waals surface area contributed by atoms with Gasteiger partial charge in [-0.15, -0.1) is 0 Å². The third kappa shape index (κ3) is 2.80. The maximum atomic E-state index is 9.00. The third-order valence-electron chi connectivity index (χ3n) is 2.77. The second-order valence-electron chi connectivity index (χ2n) is 3.83. The van der Waals surface area contributed by atoms with Crippen LogP contribution in [0.15, 0.2) is 12.4 Å². The van der Waals surface area contributed by atoms with Crippen molar-refractivity contribution < 1.29 is 0 Å². The summed E-state index contributed by atoms with van der Waals surface area (Å²) in [7, 11) is 1.82. The standard InChI is InChI=1S/C11H18N4/c1-4-10-14-6-8-15(10)7-5-11(2,9-12)13-3/h6,8,13H,4-5,7H2,1-3H3. The van der Waals surface area contributed by atoms with Crippen molar-refractivity contribution >= 4 is 0 Å². The number of aryl methyl sites for hydroxylation is 2. The molecule has 1 aromatic rings. The fraction of sp³-hybridized carbons (Fsp3) is 0.636. The Morgan fingerprint density at radius 2 is 2.40 bits per heavy atom. The largest absolute Gasteiger partial charge is 0.335 e. The molecule has 1 heterocycles. The van der Waals surface area contributed by atoms with E-state index in [-0.39, 0.29) is 0 Å². The van der Waals surface area contributed by atoms with Crippen molar-refractivity contribution in [2.24, 2.45) is 0 Å². The van der Waals surface area contributed by atoms with Crippen LogP contribution >= 0.6 is 0 Å². The van der Waals surface area contributed by atoms with Gasteiger partial charge in [0.1, 0.15) is 11.4 Å². The smallest absolute Gasteiger partial charge is 0.108 e. The van der Waals surface area contributed by atoms with E-state index in [1.165, 1.54) is 0 Å². The Balaban J connectivity index is 2.61. The average Bonchev–Trinajstić information content (AvgIpc) is 2.73. The van der Waals surface area contributed by atoms with Gasteiger partial charge in [-0.2, -0.15) is 5.26 Å². The van der Waals surface area contributed by atoms with Gasteiger partial charge in [-0.3, -0.25) is 0 Å². The molecule has 1 N–H and O–H groups in total. The third-order valence-corrected chi connectivity index (χ3v) is 2.77. The molecular weight excluding hydrogens is 188 g/mol. The number of imidazole rings is 1. The van der Waals surface area contributed by atoms with Crippen LogP contribution in [0.25, 0.3) is 0 Å².